The third kappa shape index (κ3) is 6.74. The van der Waals surface area contributed by atoms with Crippen LogP contribution in [0.2, 0.25) is 0 Å². The van der Waals surface area contributed by atoms with Gasteiger partial charge in [0.15, 0.2) is 0 Å². The summed E-state index contributed by atoms with van der Waals surface area (Å²) < 4.78 is 6.44. The van der Waals surface area contributed by atoms with Crippen LogP contribution in [-0.2, 0) is 0 Å². The Bertz CT molecular complexity index is 656. The van der Waals surface area contributed by atoms with Crippen LogP contribution >= 0.6 is 23.5 Å². The molecule has 0 aliphatic heterocycles. The van der Waals surface area contributed by atoms with E-state index in [0.29, 0.717) is 24.2 Å². The van der Waals surface area contributed by atoms with Gasteiger partial charge in [-0.25, -0.2) is 0 Å². The van der Waals surface area contributed by atoms with E-state index in [1.165, 1.54) is 0 Å². The minimum absolute atomic E-state index is 0.371. The molecular formula is C19H22N2OS2. The first-order valence-electron chi connectivity index (χ1n) is 7.90. The zero-order valence-electron chi connectivity index (χ0n) is 14.3. The van der Waals surface area contributed by atoms with Crippen LogP contribution in [0.3, 0.4) is 0 Å². The molecule has 0 atom stereocenters. The lowest BCUT2D eigenvalue weighted by Gasteiger charge is -2.07. The van der Waals surface area contributed by atoms with E-state index < -0.39 is 0 Å². The number of hydrogen-bond donors (Lipinski definition) is 0. The summed E-state index contributed by atoms with van der Waals surface area (Å²) in [5.41, 5.74) is 2.19. The summed E-state index contributed by atoms with van der Waals surface area (Å²) in [6.07, 6.45) is 2.20. The molecule has 0 saturated carbocycles. The Morgan fingerprint density at radius 3 is 2.12 bits per heavy atom. The van der Waals surface area contributed by atoms with Crippen LogP contribution < -0.4 is 4.74 Å². The molecule has 0 heterocycles. The van der Waals surface area contributed by atoms with Crippen LogP contribution in [0.4, 0.5) is 0 Å². The van der Waals surface area contributed by atoms with Gasteiger partial charge in [-0.15, -0.1) is 23.5 Å². The Kier molecular flexibility index (Phi) is 9.84. The van der Waals surface area contributed by atoms with Crippen LogP contribution in [0, 0.1) is 22.7 Å². The number of thioether (sulfide) groups is 2. The summed E-state index contributed by atoms with van der Waals surface area (Å²) in [6.45, 7) is 6.70. The first kappa shape index (κ1) is 20.2. The summed E-state index contributed by atoms with van der Waals surface area (Å²) in [4.78, 5) is 0. The van der Waals surface area contributed by atoms with Gasteiger partial charge in [0, 0.05) is 12.0 Å². The van der Waals surface area contributed by atoms with Crippen LogP contribution in [-0.4, -0.2) is 18.1 Å². The smallest absolute Gasteiger partial charge is 0.119 e. The number of nitriles is 2. The number of hydrogen-bond acceptors (Lipinski definition) is 5. The summed E-state index contributed by atoms with van der Waals surface area (Å²) in [5.74, 6) is 2.64. The standard InChI is InChI=1S/C19H22N2OS2/c1-4-22-18-9-7-15(8-10-18)11-16(13-20)12-17(14-21)19(23-5-2)24-6-3/h7-11H,4-6,12H2,1-3H3/b16-11-. The summed E-state index contributed by atoms with van der Waals surface area (Å²) >= 11 is 3.33. The van der Waals surface area contributed by atoms with Gasteiger partial charge >= 0.3 is 0 Å². The summed E-state index contributed by atoms with van der Waals surface area (Å²) in [5, 5.41) is 18.9. The summed E-state index contributed by atoms with van der Waals surface area (Å²) in [6, 6.07) is 12.1. The highest BCUT2D eigenvalue weighted by molar-refractivity contribution is 8.22. The van der Waals surface area contributed by atoms with Crippen LogP contribution in [0.25, 0.3) is 6.08 Å². The molecule has 1 aromatic carbocycles. The molecule has 0 fully saturated rings. The predicted octanol–water partition coefficient (Wildman–Crippen LogP) is 5.62. The maximum absolute atomic E-state index is 9.47. The van der Waals surface area contributed by atoms with Gasteiger partial charge in [0.05, 0.1) is 28.6 Å². The molecule has 24 heavy (non-hydrogen) atoms. The molecule has 0 spiro atoms. The maximum atomic E-state index is 9.47. The second-order valence-corrected chi connectivity index (χ2v) is 7.51. The fraction of sp³-hybridized carbons (Fsp3) is 0.368. The quantitative estimate of drug-likeness (QED) is 0.536. The SMILES string of the molecule is CCOc1ccc(/C=C(\C#N)CC(C#N)=C(SCC)SCC)cc1. The Morgan fingerprint density at radius 2 is 1.67 bits per heavy atom. The molecule has 126 valence electrons. The normalized spacial score (nSPS) is 10.6. The Hall–Kier alpha value is -1.82. The van der Waals surface area contributed by atoms with E-state index in [1.807, 2.05) is 37.3 Å². The van der Waals surface area contributed by atoms with Crippen molar-refractivity contribution in [2.45, 2.75) is 27.2 Å². The van der Waals surface area contributed by atoms with Gasteiger partial charge in [0.2, 0.25) is 0 Å². The molecule has 0 aliphatic carbocycles. The van der Waals surface area contributed by atoms with E-state index in [0.717, 1.165) is 27.1 Å². The molecular weight excluding hydrogens is 336 g/mol. The van der Waals surface area contributed by atoms with Gasteiger partial charge in [0.25, 0.3) is 0 Å². The maximum Gasteiger partial charge on any atom is 0.119 e. The fourth-order valence-corrected chi connectivity index (χ4v) is 4.13. The number of nitrogens with zero attached hydrogens (tertiary/aromatic N) is 2. The van der Waals surface area contributed by atoms with Crippen molar-refractivity contribution in [3.05, 3.63) is 45.2 Å². The number of allylic oxidation sites excluding steroid dienone is 2. The van der Waals surface area contributed by atoms with Crippen molar-refractivity contribution >= 4 is 29.6 Å². The highest BCUT2D eigenvalue weighted by Crippen LogP contribution is 2.33. The number of rotatable bonds is 9. The van der Waals surface area contributed by atoms with Crippen LogP contribution in [0.15, 0.2) is 39.6 Å². The first-order chi connectivity index (χ1) is 11.7. The van der Waals surface area contributed by atoms with E-state index in [4.69, 9.17) is 4.74 Å². The van der Waals surface area contributed by atoms with Crippen molar-refractivity contribution in [2.24, 2.45) is 0 Å². The zero-order chi connectivity index (χ0) is 17.8. The highest BCUT2D eigenvalue weighted by atomic mass is 32.2. The fourth-order valence-electron chi connectivity index (χ4n) is 1.98. The lowest BCUT2D eigenvalue weighted by molar-refractivity contribution is 0.340. The molecule has 0 aromatic heterocycles. The molecule has 0 unspecified atom stereocenters. The van der Waals surface area contributed by atoms with Gasteiger partial charge in [-0.2, -0.15) is 10.5 Å². The minimum Gasteiger partial charge on any atom is -0.494 e. The largest absolute Gasteiger partial charge is 0.494 e. The number of benzene rings is 1. The average molecular weight is 359 g/mol. The minimum atomic E-state index is 0.371. The molecule has 3 nitrogen and oxygen atoms in total. The predicted molar refractivity (Wildman–Crippen MR) is 105 cm³/mol. The van der Waals surface area contributed by atoms with Crippen LogP contribution in [0.5, 0.6) is 5.75 Å². The van der Waals surface area contributed by atoms with E-state index in [9.17, 15) is 10.5 Å². The van der Waals surface area contributed by atoms with E-state index >= 15 is 0 Å². The third-order valence-corrected chi connectivity index (χ3v) is 5.28. The molecule has 0 bridgehead atoms. The van der Waals surface area contributed by atoms with Gasteiger partial charge in [0.1, 0.15) is 5.75 Å². The average Bonchev–Trinajstić information content (AvgIpc) is 2.60. The molecule has 0 radical (unpaired) electrons. The van der Waals surface area contributed by atoms with Gasteiger partial charge in [-0.05, 0) is 42.2 Å². The second-order valence-electron chi connectivity index (χ2n) is 4.70. The lowest BCUT2D eigenvalue weighted by atomic mass is 10.1. The van der Waals surface area contributed by atoms with Crippen molar-refractivity contribution in [3.63, 3.8) is 0 Å². The Morgan fingerprint density at radius 1 is 1.04 bits per heavy atom. The van der Waals surface area contributed by atoms with Crippen molar-refractivity contribution in [2.75, 3.05) is 18.1 Å². The highest BCUT2D eigenvalue weighted by Gasteiger charge is 2.10. The molecule has 5 heteroatoms. The van der Waals surface area contributed by atoms with Gasteiger partial charge < -0.3 is 4.74 Å². The van der Waals surface area contributed by atoms with Crippen molar-refractivity contribution in [3.8, 4) is 17.9 Å². The summed E-state index contributed by atoms with van der Waals surface area (Å²) in [7, 11) is 0. The number of ether oxygens (including phenoxy) is 1. The van der Waals surface area contributed by atoms with Gasteiger partial charge in [-0.3, -0.25) is 0 Å². The molecule has 0 aliphatic rings. The molecule has 1 aromatic rings. The molecule has 0 amide bonds. The topological polar surface area (TPSA) is 56.8 Å². The van der Waals surface area contributed by atoms with E-state index in [-0.39, 0.29) is 0 Å². The van der Waals surface area contributed by atoms with Crippen molar-refractivity contribution < 1.29 is 4.74 Å². The third-order valence-electron chi connectivity index (χ3n) is 2.98. The second kappa shape index (κ2) is 11.7. The van der Waals surface area contributed by atoms with Crippen molar-refractivity contribution in [1.29, 1.82) is 10.5 Å². The molecule has 1 rings (SSSR count). The monoisotopic (exact) mass is 358 g/mol. The van der Waals surface area contributed by atoms with Gasteiger partial charge in [-0.1, -0.05) is 26.0 Å². The lowest BCUT2D eigenvalue weighted by Crippen LogP contribution is -1.91. The van der Waals surface area contributed by atoms with Crippen LogP contribution in [0.1, 0.15) is 32.8 Å². The Balaban J connectivity index is 3.01. The zero-order valence-corrected chi connectivity index (χ0v) is 16.0. The van der Waals surface area contributed by atoms with E-state index in [1.54, 1.807) is 23.5 Å². The van der Waals surface area contributed by atoms with Crippen molar-refractivity contribution in [1.82, 2.24) is 0 Å². The Labute approximate surface area is 153 Å². The molecule has 0 N–H and O–H groups in total. The first-order valence-corrected chi connectivity index (χ1v) is 9.87. The van der Waals surface area contributed by atoms with E-state index in [2.05, 4.69) is 26.0 Å². The molecule has 0 saturated heterocycles.